The number of hydrogen-bond donors (Lipinski definition) is 2. The normalized spacial score (nSPS) is 19.3. The van der Waals surface area contributed by atoms with Gasteiger partial charge in [0.1, 0.15) is 22.4 Å². The van der Waals surface area contributed by atoms with Crippen LogP contribution in [0.1, 0.15) is 29.0 Å². The molecule has 14 heteroatoms. The molecule has 3 rings (SSSR count). The van der Waals surface area contributed by atoms with E-state index in [2.05, 4.69) is 5.32 Å². The summed E-state index contributed by atoms with van der Waals surface area (Å²) in [5.41, 5.74) is -1.97. The van der Waals surface area contributed by atoms with E-state index in [0.29, 0.717) is 12.1 Å². The average Bonchev–Trinajstić information content (AvgIpc) is 3.28. The quantitative estimate of drug-likeness (QED) is 0.339. The third kappa shape index (κ3) is 6.35. The molecule has 4 nitrogen and oxygen atoms in total. The van der Waals surface area contributed by atoms with Gasteiger partial charge in [-0.25, -0.2) is 8.78 Å². The minimum Gasteiger partial charge on any atom is -0.352 e. The molecule has 35 heavy (non-hydrogen) atoms. The molecule has 2 aromatic rings. The number of carbonyl (C=O) groups is 2. The fraction of sp³-hybridized carbons (Fsp3) is 0.333. The molecule has 2 unspecified atom stereocenters. The maximum atomic E-state index is 14.0. The van der Waals surface area contributed by atoms with Gasteiger partial charge < -0.3 is 10.6 Å². The maximum absolute atomic E-state index is 14.0. The summed E-state index contributed by atoms with van der Waals surface area (Å²) in [6, 6.07) is 5.13. The van der Waals surface area contributed by atoms with Crippen molar-refractivity contribution in [2.45, 2.75) is 35.6 Å². The van der Waals surface area contributed by atoms with Gasteiger partial charge in [0.25, 0.3) is 0 Å². The van der Waals surface area contributed by atoms with E-state index < -0.39 is 70.5 Å². The molecule has 0 saturated heterocycles. The van der Waals surface area contributed by atoms with Gasteiger partial charge in [0.05, 0.1) is 11.5 Å². The van der Waals surface area contributed by atoms with Gasteiger partial charge in [0, 0.05) is 23.7 Å². The Bertz CT molecular complexity index is 1150. The molecule has 1 saturated carbocycles. The SMILES string of the molecule is O=C(CC(F)(F)F)NCc1cc(NC(=O)C2C(c3ccc(F)c(C(F)(F)F)c3)C2(Cl)Cl)ccc1F. The highest BCUT2D eigenvalue weighted by atomic mass is 35.5. The van der Waals surface area contributed by atoms with Crippen molar-refractivity contribution in [3.05, 3.63) is 64.7 Å². The molecule has 0 spiro atoms. The minimum absolute atomic E-state index is 0.0404. The van der Waals surface area contributed by atoms with Crippen LogP contribution in [-0.4, -0.2) is 22.3 Å². The topological polar surface area (TPSA) is 58.2 Å². The van der Waals surface area contributed by atoms with Crippen molar-refractivity contribution in [2.24, 2.45) is 5.92 Å². The molecule has 2 aromatic carbocycles. The number of amides is 2. The van der Waals surface area contributed by atoms with Crippen LogP contribution in [0.15, 0.2) is 36.4 Å². The lowest BCUT2D eigenvalue weighted by molar-refractivity contribution is -0.154. The molecular weight excluding hydrogens is 535 g/mol. The van der Waals surface area contributed by atoms with Gasteiger partial charge in [0.15, 0.2) is 0 Å². The second kappa shape index (κ2) is 9.45. The van der Waals surface area contributed by atoms with Crippen molar-refractivity contribution in [3.63, 3.8) is 0 Å². The Balaban J connectivity index is 1.72. The van der Waals surface area contributed by atoms with E-state index in [1.54, 1.807) is 0 Å². The Hall–Kier alpha value is -2.60. The zero-order chi connectivity index (χ0) is 26.3. The highest BCUT2D eigenvalue weighted by Crippen LogP contribution is 2.65. The van der Waals surface area contributed by atoms with Crippen LogP contribution in [0, 0.1) is 17.6 Å². The van der Waals surface area contributed by atoms with Crippen LogP contribution in [0.2, 0.25) is 0 Å². The van der Waals surface area contributed by atoms with Crippen LogP contribution in [0.4, 0.5) is 40.8 Å². The molecule has 0 aromatic heterocycles. The average molecular weight is 549 g/mol. The number of anilines is 1. The Morgan fingerprint density at radius 1 is 0.943 bits per heavy atom. The Morgan fingerprint density at radius 2 is 1.57 bits per heavy atom. The molecule has 0 aliphatic heterocycles. The van der Waals surface area contributed by atoms with Crippen molar-refractivity contribution in [3.8, 4) is 0 Å². The van der Waals surface area contributed by atoms with E-state index in [4.69, 9.17) is 23.2 Å². The summed E-state index contributed by atoms with van der Waals surface area (Å²) in [6.45, 7) is -0.610. The van der Waals surface area contributed by atoms with Gasteiger partial charge in [-0.3, -0.25) is 9.59 Å². The Kier molecular flexibility index (Phi) is 7.29. The second-order valence-corrected chi connectivity index (χ2v) is 9.18. The highest BCUT2D eigenvalue weighted by Gasteiger charge is 2.67. The Labute approximate surface area is 202 Å². The summed E-state index contributed by atoms with van der Waals surface area (Å²) >= 11 is 12.2. The van der Waals surface area contributed by atoms with Crippen LogP contribution in [-0.2, 0) is 22.3 Å². The molecule has 0 radical (unpaired) electrons. The smallest absolute Gasteiger partial charge is 0.352 e. The fourth-order valence-electron chi connectivity index (χ4n) is 3.47. The van der Waals surface area contributed by atoms with Crippen LogP contribution in [0.5, 0.6) is 0 Å². The first-order valence-corrected chi connectivity index (χ1v) is 10.4. The van der Waals surface area contributed by atoms with E-state index in [-0.39, 0.29) is 16.8 Å². The van der Waals surface area contributed by atoms with Gasteiger partial charge in [-0.1, -0.05) is 6.07 Å². The third-order valence-electron chi connectivity index (χ3n) is 5.14. The monoisotopic (exact) mass is 548 g/mol. The third-order valence-corrected chi connectivity index (χ3v) is 6.08. The van der Waals surface area contributed by atoms with Crippen LogP contribution in [0.25, 0.3) is 0 Å². The zero-order valence-corrected chi connectivity index (χ0v) is 18.6. The first kappa shape index (κ1) is 27.0. The lowest BCUT2D eigenvalue weighted by atomic mass is 10.0. The number of halogens is 10. The summed E-state index contributed by atoms with van der Waals surface area (Å²) in [6.07, 6.45) is -11.5. The second-order valence-electron chi connectivity index (χ2n) is 7.73. The highest BCUT2D eigenvalue weighted by molar-refractivity contribution is 6.53. The van der Waals surface area contributed by atoms with Gasteiger partial charge in [0.2, 0.25) is 11.8 Å². The van der Waals surface area contributed by atoms with Crippen molar-refractivity contribution in [2.75, 3.05) is 5.32 Å². The lowest BCUT2D eigenvalue weighted by Crippen LogP contribution is -2.28. The van der Waals surface area contributed by atoms with Gasteiger partial charge in [-0.05, 0) is 35.9 Å². The molecule has 0 bridgehead atoms. The molecule has 190 valence electrons. The number of alkyl halides is 8. The summed E-state index contributed by atoms with van der Waals surface area (Å²) in [4.78, 5) is 24.0. The number of nitrogens with one attached hydrogen (secondary N) is 2. The van der Waals surface area contributed by atoms with Crippen molar-refractivity contribution >= 4 is 40.7 Å². The first-order chi connectivity index (χ1) is 16.0. The fourth-order valence-corrected chi connectivity index (χ4v) is 4.30. The number of benzene rings is 2. The molecule has 1 aliphatic carbocycles. The molecule has 1 aliphatic rings. The molecular formula is C21H14Cl2F8N2O2. The van der Waals surface area contributed by atoms with Crippen LogP contribution < -0.4 is 10.6 Å². The molecule has 2 atom stereocenters. The predicted molar refractivity (Wildman–Crippen MR) is 110 cm³/mol. The zero-order valence-electron chi connectivity index (χ0n) is 17.1. The maximum Gasteiger partial charge on any atom is 0.419 e. The number of rotatable bonds is 6. The van der Waals surface area contributed by atoms with Crippen LogP contribution >= 0.6 is 23.2 Å². The van der Waals surface area contributed by atoms with E-state index in [1.807, 2.05) is 5.32 Å². The molecule has 0 heterocycles. The first-order valence-electron chi connectivity index (χ1n) is 9.68. The lowest BCUT2D eigenvalue weighted by Gasteiger charge is -2.11. The molecule has 2 amide bonds. The van der Waals surface area contributed by atoms with E-state index in [0.717, 1.165) is 24.3 Å². The van der Waals surface area contributed by atoms with E-state index >= 15 is 0 Å². The Morgan fingerprint density at radius 3 is 2.17 bits per heavy atom. The van der Waals surface area contributed by atoms with Crippen molar-refractivity contribution < 1.29 is 44.7 Å². The molecule has 1 fully saturated rings. The van der Waals surface area contributed by atoms with Crippen molar-refractivity contribution in [1.82, 2.24) is 5.32 Å². The standard InChI is InChI=1S/C21H14Cl2F8N2O2/c22-20(23)16(9-1-3-14(25)12(6-9)21(29,30)31)17(20)18(35)33-11-2-4-13(24)10(5-11)8-32-15(34)7-19(26,27)28/h1-6,16-17H,7-8H2,(H,32,34)(H,33,35). The van der Waals surface area contributed by atoms with Gasteiger partial charge in [-0.15, -0.1) is 23.2 Å². The van der Waals surface area contributed by atoms with Gasteiger partial charge >= 0.3 is 12.4 Å². The summed E-state index contributed by atoms with van der Waals surface area (Å²) in [5, 5.41) is 4.24. The van der Waals surface area contributed by atoms with E-state index in [1.165, 1.54) is 0 Å². The molecule has 2 N–H and O–H groups in total. The van der Waals surface area contributed by atoms with Gasteiger partial charge in [-0.2, -0.15) is 26.3 Å². The minimum atomic E-state index is -4.99. The number of carbonyl (C=O) groups excluding carboxylic acids is 2. The van der Waals surface area contributed by atoms with Crippen LogP contribution in [0.3, 0.4) is 0 Å². The summed E-state index contributed by atoms with van der Waals surface area (Å²) < 4.78 is 102. The summed E-state index contributed by atoms with van der Waals surface area (Å²) in [7, 11) is 0. The largest absolute Gasteiger partial charge is 0.419 e. The van der Waals surface area contributed by atoms with E-state index in [9.17, 15) is 44.7 Å². The predicted octanol–water partition coefficient (Wildman–Crippen LogP) is 6.08. The number of hydrogen-bond acceptors (Lipinski definition) is 2. The van der Waals surface area contributed by atoms with Crippen molar-refractivity contribution in [1.29, 1.82) is 0 Å². The summed E-state index contributed by atoms with van der Waals surface area (Å²) in [5.74, 6) is -7.00.